The third kappa shape index (κ3) is 6.35. The van der Waals surface area contributed by atoms with E-state index in [2.05, 4.69) is 21.2 Å². The fourth-order valence-corrected chi connectivity index (χ4v) is 4.30. The lowest BCUT2D eigenvalue weighted by Crippen LogP contribution is -2.51. The molecule has 180 valence electrons. The number of nitrogens with zero attached hydrogens (tertiary/aromatic N) is 1. The molecular weight excluding hydrogens is 499 g/mol. The third-order valence-corrected chi connectivity index (χ3v) is 6.65. The molecule has 0 heterocycles. The number of fused-ring (bicyclic) bond motifs is 1. The molecule has 0 radical (unpaired) electrons. The van der Waals surface area contributed by atoms with Crippen LogP contribution in [-0.2, 0) is 16.1 Å². The lowest BCUT2D eigenvalue weighted by molar-refractivity contribution is -0.143. The van der Waals surface area contributed by atoms with Gasteiger partial charge in [-0.3, -0.25) is 9.59 Å². The summed E-state index contributed by atoms with van der Waals surface area (Å²) in [6, 6.07) is 16.9. The summed E-state index contributed by atoms with van der Waals surface area (Å²) >= 11 is 3.58. The highest BCUT2D eigenvalue weighted by atomic mass is 79.9. The Morgan fingerprint density at radius 3 is 2.41 bits per heavy atom. The summed E-state index contributed by atoms with van der Waals surface area (Å²) in [5, 5.41) is 5.01. The number of hydrogen-bond donors (Lipinski definition) is 1. The maximum absolute atomic E-state index is 13.4. The van der Waals surface area contributed by atoms with Crippen LogP contribution in [0.2, 0.25) is 0 Å². The summed E-state index contributed by atoms with van der Waals surface area (Å²) in [6.07, 6.45) is 1.22. The smallest absolute Gasteiger partial charge is 0.261 e. The SMILES string of the molecule is CCC(C)NC(=O)C(CC)N(Cc1ccc(F)cc1)C(=O)COc1ccc2ccccc2c1Br. The quantitative estimate of drug-likeness (QED) is 0.359. The van der Waals surface area contributed by atoms with Gasteiger partial charge in [-0.2, -0.15) is 0 Å². The van der Waals surface area contributed by atoms with Gasteiger partial charge in [-0.25, -0.2) is 4.39 Å². The van der Waals surface area contributed by atoms with Crippen LogP contribution < -0.4 is 10.1 Å². The van der Waals surface area contributed by atoms with Crippen LogP contribution in [0, 0.1) is 5.82 Å². The highest BCUT2D eigenvalue weighted by molar-refractivity contribution is 9.10. The zero-order valence-electron chi connectivity index (χ0n) is 19.7. The van der Waals surface area contributed by atoms with E-state index in [4.69, 9.17) is 4.74 Å². The van der Waals surface area contributed by atoms with Crippen molar-refractivity contribution in [2.45, 2.75) is 52.2 Å². The molecular formula is C27H30BrFN2O3. The molecule has 0 saturated carbocycles. The molecule has 0 bridgehead atoms. The predicted octanol–water partition coefficient (Wildman–Crippen LogP) is 5.84. The Bertz CT molecular complexity index is 1140. The van der Waals surface area contributed by atoms with E-state index in [1.807, 2.05) is 57.2 Å². The molecule has 2 amide bonds. The first-order valence-corrected chi connectivity index (χ1v) is 12.3. The Labute approximate surface area is 208 Å². The van der Waals surface area contributed by atoms with Gasteiger partial charge < -0.3 is 15.0 Å². The van der Waals surface area contributed by atoms with Gasteiger partial charge in [0.1, 0.15) is 17.6 Å². The van der Waals surface area contributed by atoms with Gasteiger partial charge in [-0.15, -0.1) is 0 Å². The normalized spacial score (nSPS) is 12.7. The van der Waals surface area contributed by atoms with Crippen molar-refractivity contribution in [1.29, 1.82) is 0 Å². The van der Waals surface area contributed by atoms with Crippen LogP contribution in [0.4, 0.5) is 4.39 Å². The number of benzene rings is 3. The minimum absolute atomic E-state index is 0.00544. The molecule has 0 aliphatic rings. The fourth-order valence-electron chi connectivity index (χ4n) is 3.69. The van der Waals surface area contributed by atoms with Crippen molar-refractivity contribution < 1.29 is 18.7 Å². The Hall–Kier alpha value is -2.93. The molecule has 1 N–H and O–H groups in total. The second-order valence-electron chi connectivity index (χ2n) is 8.28. The van der Waals surface area contributed by atoms with E-state index in [1.165, 1.54) is 17.0 Å². The van der Waals surface area contributed by atoms with E-state index in [1.54, 1.807) is 12.1 Å². The van der Waals surface area contributed by atoms with Crippen LogP contribution in [-0.4, -0.2) is 35.4 Å². The molecule has 2 atom stereocenters. The lowest BCUT2D eigenvalue weighted by Gasteiger charge is -2.31. The molecule has 2 unspecified atom stereocenters. The molecule has 0 spiro atoms. The van der Waals surface area contributed by atoms with Gasteiger partial charge in [0.15, 0.2) is 6.61 Å². The van der Waals surface area contributed by atoms with E-state index < -0.39 is 6.04 Å². The predicted molar refractivity (Wildman–Crippen MR) is 136 cm³/mol. The van der Waals surface area contributed by atoms with E-state index in [-0.39, 0.29) is 36.8 Å². The Morgan fingerprint density at radius 2 is 1.74 bits per heavy atom. The zero-order chi connectivity index (χ0) is 24.7. The van der Waals surface area contributed by atoms with Crippen molar-refractivity contribution in [1.82, 2.24) is 10.2 Å². The molecule has 0 aliphatic heterocycles. The fraction of sp³-hybridized carbons (Fsp3) is 0.333. The first kappa shape index (κ1) is 25.7. The molecule has 5 nitrogen and oxygen atoms in total. The number of carbonyl (C=O) groups is 2. The minimum atomic E-state index is -0.671. The minimum Gasteiger partial charge on any atom is -0.483 e. The Balaban J connectivity index is 1.82. The zero-order valence-corrected chi connectivity index (χ0v) is 21.3. The Kier molecular flexibility index (Phi) is 9.05. The summed E-state index contributed by atoms with van der Waals surface area (Å²) in [4.78, 5) is 27.9. The number of ether oxygens (including phenoxy) is 1. The van der Waals surface area contributed by atoms with Crippen LogP contribution in [0.1, 0.15) is 39.2 Å². The van der Waals surface area contributed by atoms with Gasteiger partial charge in [-0.1, -0.05) is 56.3 Å². The summed E-state index contributed by atoms with van der Waals surface area (Å²) in [5.74, 6) is -0.340. The number of carbonyl (C=O) groups excluding carboxylic acids is 2. The summed E-state index contributed by atoms with van der Waals surface area (Å²) < 4.78 is 20.1. The summed E-state index contributed by atoms with van der Waals surface area (Å²) in [6.45, 7) is 5.73. The van der Waals surface area contributed by atoms with Crippen molar-refractivity contribution in [3.63, 3.8) is 0 Å². The first-order valence-electron chi connectivity index (χ1n) is 11.5. The second-order valence-corrected chi connectivity index (χ2v) is 9.07. The molecule has 0 saturated heterocycles. The van der Waals surface area contributed by atoms with Crippen molar-refractivity contribution in [3.8, 4) is 5.75 Å². The molecule has 7 heteroatoms. The number of amides is 2. The monoisotopic (exact) mass is 528 g/mol. The molecule has 0 fully saturated rings. The molecule has 3 aromatic rings. The van der Waals surface area contributed by atoms with Gasteiger partial charge in [0.05, 0.1) is 4.47 Å². The van der Waals surface area contributed by atoms with Crippen LogP contribution >= 0.6 is 15.9 Å². The van der Waals surface area contributed by atoms with Gasteiger partial charge in [0, 0.05) is 12.6 Å². The number of halogens is 2. The van der Waals surface area contributed by atoms with Crippen molar-refractivity contribution in [2.24, 2.45) is 0 Å². The molecule has 3 aromatic carbocycles. The van der Waals surface area contributed by atoms with Crippen LogP contribution in [0.3, 0.4) is 0 Å². The number of hydrogen-bond acceptors (Lipinski definition) is 3. The average Bonchev–Trinajstić information content (AvgIpc) is 2.84. The molecule has 0 aliphatic carbocycles. The number of nitrogens with one attached hydrogen (secondary N) is 1. The Morgan fingerprint density at radius 1 is 1.03 bits per heavy atom. The van der Waals surface area contributed by atoms with E-state index in [0.717, 1.165) is 27.2 Å². The topological polar surface area (TPSA) is 58.6 Å². The van der Waals surface area contributed by atoms with Gasteiger partial charge in [0.25, 0.3) is 5.91 Å². The largest absolute Gasteiger partial charge is 0.483 e. The highest BCUT2D eigenvalue weighted by Gasteiger charge is 2.29. The number of rotatable bonds is 10. The van der Waals surface area contributed by atoms with Gasteiger partial charge in [0.2, 0.25) is 5.91 Å². The maximum Gasteiger partial charge on any atom is 0.261 e. The second kappa shape index (κ2) is 12.0. The van der Waals surface area contributed by atoms with E-state index in [0.29, 0.717) is 12.2 Å². The van der Waals surface area contributed by atoms with Gasteiger partial charge in [-0.05, 0) is 70.2 Å². The highest BCUT2D eigenvalue weighted by Crippen LogP contribution is 2.33. The lowest BCUT2D eigenvalue weighted by atomic mass is 10.1. The first-order chi connectivity index (χ1) is 16.3. The molecule has 0 aromatic heterocycles. The third-order valence-electron chi connectivity index (χ3n) is 5.83. The average molecular weight is 529 g/mol. The van der Waals surface area contributed by atoms with Crippen molar-refractivity contribution in [3.05, 3.63) is 76.5 Å². The standard InChI is InChI=1S/C27H30BrFN2O3/c1-4-18(3)30-27(33)23(5-2)31(16-19-10-13-21(29)14-11-19)25(32)17-34-24-15-12-20-8-6-7-9-22(20)26(24)28/h6-15,18,23H,4-5,16-17H2,1-3H3,(H,30,33). The van der Waals surface area contributed by atoms with Crippen molar-refractivity contribution in [2.75, 3.05) is 6.61 Å². The maximum atomic E-state index is 13.4. The van der Waals surface area contributed by atoms with Gasteiger partial charge >= 0.3 is 0 Å². The summed E-state index contributed by atoms with van der Waals surface area (Å²) in [7, 11) is 0. The van der Waals surface area contributed by atoms with E-state index >= 15 is 0 Å². The van der Waals surface area contributed by atoms with Crippen LogP contribution in [0.5, 0.6) is 5.75 Å². The molecule has 34 heavy (non-hydrogen) atoms. The van der Waals surface area contributed by atoms with Crippen LogP contribution in [0.15, 0.2) is 65.1 Å². The van der Waals surface area contributed by atoms with E-state index in [9.17, 15) is 14.0 Å². The summed E-state index contributed by atoms with van der Waals surface area (Å²) in [5.41, 5.74) is 0.733. The van der Waals surface area contributed by atoms with Crippen molar-refractivity contribution >= 4 is 38.5 Å². The molecule has 3 rings (SSSR count). The van der Waals surface area contributed by atoms with Crippen LogP contribution in [0.25, 0.3) is 10.8 Å².